The first kappa shape index (κ1) is 26.5. The fraction of sp³-hybridized carbons (Fsp3) is 0.167. The third kappa shape index (κ3) is 5.69. The van der Waals surface area contributed by atoms with Crippen LogP contribution in [0.3, 0.4) is 0 Å². The molecule has 7 nitrogen and oxygen atoms in total. The molecule has 0 fully saturated rings. The highest BCUT2D eigenvalue weighted by Gasteiger charge is 2.33. The summed E-state index contributed by atoms with van der Waals surface area (Å²) in [7, 11) is 0. The number of ether oxygens (including phenoxy) is 2. The molecular weight excluding hydrogens is 532 g/mol. The van der Waals surface area contributed by atoms with E-state index in [1.807, 2.05) is 66.7 Å². The first-order chi connectivity index (χ1) is 19.0. The van der Waals surface area contributed by atoms with Crippen molar-refractivity contribution in [3.63, 3.8) is 0 Å². The quantitative estimate of drug-likeness (QED) is 0.210. The van der Waals surface area contributed by atoms with E-state index in [1.165, 1.54) is 23.1 Å². The monoisotopic (exact) mass is 558 g/mol. The summed E-state index contributed by atoms with van der Waals surface area (Å²) in [5.74, 6) is 0.713. The maximum Gasteiger partial charge on any atom is 0.338 e. The van der Waals surface area contributed by atoms with Crippen LogP contribution in [0.25, 0.3) is 6.08 Å². The fourth-order valence-electron chi connectivity index (χ4n) is 4.21. The predicted octanol–water partition coefficient (Wildman–Crippen LogP) is 5.11. The van der Waals surface area contributed by atoms with Crippen LogP contribution in [-0.2, 0) is 9.53 Å². The Morgan fingerprint density at radius 3 is 2.64 bits per heavy atom. The molecule has 0 saturated carbocycles. The van der Waals surface area contributed by atoms with E-state index in [4.69, 9.17) is 13.9 Å². The summed E-state index contributed by atoms with van der Waals surface area (Å²) in [6.07, 6.45) is 3.38. The normalized spacial score (nSPS) is 15.0. The average molecular weight is 559 g/mol. The number of esters is 1. The molecule has 0 amide bonds. The molecule has 39 heavy (non-hydrogen) atoms. The molecule has 4 aromatic rings. The maximum atomic E-state index is 13.8. The number of benzene rings is 2. The van der Waals surface area contributed by atoms with Gasteiger partial charge >= 0.3 is 5.97 Å². The zero-order chi connectivity index (χ0) is 27.4. The summed E-state index contributed by atoms with van der Waals surface area (Å²) in [4.78, 5) is 33.0. The number of carbonyl (C=O) groups is 1. The van der Waals surface area contributed by atoms with Crippen molar-refractivity contribution < 1.29 is 18.7 Å². The Labute approximate surface area is 233 Å². The average Bonchev–Trinajstić information content (AvgIpc) is 3.50. The van der Waals surface area contributed by atoms with Gasteiger partial charge in [-0.2, -0.15) is 0 Å². The molecule has 1 atom stereocenters. The molecule has 0 aliphatic carbocycles. The summed E-state index contributed by atoms with van der Waals surface area (Å²) in [5, 5.41) is 0.720. The molecule has 0 bridgehead atoms. The maximum absolute atomic E-state index is 13.8. The third-order valence-electron chi connectivity index (χ3n) is 5.92. The van der Waals surface area contributed by atoms with E-state index in [9.17, 15) is 9.59 Å². The number of thiazole rings is 1. The molecular formula is C30H26N2O5S2. The van der Waals surface area contributed by atoms with Gasteiger partial charge in [-0.3, -0.25) is 9.36 Å². The van der Waals surface area contributed by atoms with Crippen LogP contribution in [0.1, 0.15) is 31.2 Å². The SMILES string of the molecule is C=CCOc1ccc([C@@H]2C(C(=O)OCC)=C(C)N=c3s/c(=C/c4ccc(Sc5ccccc5)o4)c(=O)n32)cc1. The van der Waals surface area contributed by atoms with E-state index >= 15 is 0 Å². The number of hydrogen-bond donors (Lipinski definition) is 0. The summed E-state index contributed by atoms with van der Waals surface area (Å²) < 4.78 is 19.0. The minimum Gasteiger partial charge on any atom is -0.490 e. The Balaban J connectivity index is 1.56. The molecule has 2 aromatic heterocycles. The molecule has 1 aliphatic heterocycles. The second kappa shape index (κ2) is 11.8. The van der Waals surface area contributed by atoms with Gasteiger partial charge in [0.15, 0.2) is 9.89 Å². The number of allylic oxidation sites excluding steroid dienone is 1. The van der Waals surface area contributed by atoms with Gasteiger partial charge in [0, 0.05) is 11.0 Å². The molecule has 0 saturated heterocycles. The summed E-state index contributed by atoms with van der Waals surface area (Å²) >= 11 is 2.76. The first-order valence-corrected chi connectivity index (χ1v) is 14.0. The fourth-order valence-corrected chi connectivity index (χ4v) is 6.04. The van der Waals surface area contributed by atoms with Crippen LogP contribution in [0, 0.1) is 0 Å². The van der Waals surface area contributed by atoms with E-state index in [0.29, 0.717) is 38.7 Å². The van der Waals surface area contributed by atoms with Crippen LogP contribution in [-0.4, -0.2) is 23.8 Å². The van der Waals surface area contributed by atoms with Gasteiger partial charge in [0.1, 0.15) is 18.1 Å². The summed E-state index contributed by atoms with van der Waals surface area (Å²) in [5.41, 5.74) is 1.32. The minimum absolute atomic E-state index is 0.211. The number of fused-ring (bicyclic) bond motifs is 1. The lowest BCUT2D eigenvalue weighted by molar-refractivity contribution is -0.139. The van der Waals surface area contributed by atoms with Gasteiger partial charge in [-0.15, -0.1) is 0 Å². The van der Waals surface area contributed by atoms with Crippen molar-refractivity contribution in [1.82, 2.24) is 4.57 Å². The van der Waals surface area contributed by atoms with E-state index in [-0.39, 0.29) is 12.2 Å². The van der Waals surface area contributed by atoms with Crippen molar-refractivity contribution in [3.05, 3.63) is 122 Å². The number of aromatic nitrogens is 1. The number of furan rings is 1. The molecule has 0 radical (unpaired) electrons. The van der Waals surface area contributed by atoms with Gasteiger partial charge in [-0.05, 0) is 55.8 Å². The van der Waals surface area contributed by atoms with E-state index < -0.39 is 12.0 Å². The van der Waals surface area contributed by atoms with Gasteiger partial charge in [0.2, 0.25) is 0 Å². The first-order valence-electron chi connectivity index (χ1n) is 12.3. The molecule has 198 valence electrons. The lowest BCUT2D eigenvalue weighted by Gasteiger charge is -2.24. The summed E-state index contributed by atoms with van der Waals surface area (Å²) in [6, 6.07) is 20.2. The second-order valence-electron chi connectivity index (χ2n) is 8.54. The van der Waals surface area contributed by atoms with Crippen molar-refractivity contribution in [2.24, 2.45) is 4.99 Å². The van der Waals surface area contributed by atoms with Crippen molar-refractivity contribution in [1.29, 1.82) is 0 Å². The van der Waals surface area contributed by atoms with Gasteiger partial charge in [0.05, 0.1) is 28.5 Å². The highest BCUT2D eigenvalue weighted by Crippen LogP contribution is 2.32. The van der Waals surface area contributed by atoms with Crippen LogP contribution in [0.15, 0.2) is 115 Å². The van der Waals surface area contributed by atoms with Crippen molar-refractivity contribution in [2.75, 3.05) is 13.2 Å². The molecule has 9 heteroatoms. The Hall–Kier alpha value is -4.08. The minimum atomic E-state index is -0.697. The van der Waals surface area contributed by atoms with Crippen molar-refractivity contribution >= 4 is 35.1 Å². The largest absolute Gasteiger partial charge is 0.490 e. The Kier molecular flexibility index (Phi) is 7.99. The molecule has 0 unspecified atom stereocenters. The molecule has 0 spiro atoms. The zero-order valence-electron chi connectivity index (χ0n) is 21.5. The smallest absolute Gasteiger partial charge is 0.338 e. The molecule has 0 N–H and O–H groups in total. The lowest BCUT2D eigenvalue weighted by atomic mass is 9.96. The Morgan fingerprint density at radius 1 is 1.15 bits per heavy atom. The molecule has 3 heterocycles. The molecule has 1 aliphatic rings. The predicted molar refractivity (Wildman–Crippen MR) is 152 cm³/mol. The van der Waals surface area contributed by atoms with Crippen LogP contribution in [0.5, 0.6) is 5.75 Å². The van der Waals surface area contributed by atoms with E-state index in [2.05, 4.69) is 11.6 Å². The van der Waals surface area contributed by atoms with Crippen molar-refractivity contribution in [3.8, 4) is 5.75 Å². The number of carbonyl (C=O) groups excluding carboxylic acids is 1. The Bertz CT molecular complexity index is 1710. The van der Waals surface area contributed by atoms with Gasteiger partial charge in [-0.1, -0.05) is 66.1 Å². The zero-order valence-corrected chi connectivity index (χ0v) is 23.1. The van der Waals surface area contributed by atoms with E-state index in [0.717, 1.165) is 15.6 Å². The van der Waals surface area contributed by atoms with Crippen LogP contribution in [0.4, 0.5) is 0 Å². The van der Waals surface area contributed by atoms with Crippen LogP contribution >= 0.6 is 23.1 Å². The Morgan fingerprint density at radius 2 is 1.92 bits per heavy atom. The van der Waals surface area contributed by atoms with Gasteiger partial charge in [0.25, 0.3) is 5.56 Å². The van der Waals surface area contributed by atoms with Gasteiger partial charge < -0.3 is 13.9 Å². The topological polar surface area (TPSA) is 83.0 Å². The van der Waals surface area contributed by atoms with Crippen LogP contribution < -0.4 is 19.6 Å². The molecule has 2 aromatic carbocycles. The number of nitrogens with zero attached hydrogens (tertiary/aromatic N) is 2. The number of hydrogen-bond acceptors (Lipinski definition) is 8. The second-order valence-corrected chi connectivity index (χ2v) is 10.6. The van der Waals surface area contributed by atoms with Crippen molar-refractivity contribution in [2.45, 2.75) is 29.9 Å². The van der Waals surface area contributed by atoms with Gasteiger partial charge in [-0.25, -0.2) is 9.79 Å². The van der Waals surface area contributed by atoms with Crippen LogP contribution in [0.2, 0.25) is 0 Å². The summed E-state index contributed by atoms with van der Waals surface area (Å²) in [6.45, 7) is 7.76. The highest BCUT2D eigenvalue weighted by molar-refractivity contribution is 7.99. The third-order valence-corrected chi connectivity index (χ3v) is 7.83. The standard InChI is InChI=1S/C30H26N2O5S2/c1-4-17-36-21-13-11-20(12-14-21)27-26(29(34)35-5-2)19(3)31-30-32(27)28(33)24(39-30)18-22-15-16-25(37-22)38-23-9-7-6-8-10-23/h4,6-16,18,27H,1,5,17H2,2-3H3/b24-18+/t27-/m1/s1. The lowest BCUT2D eigenvalue weighted by Crippen LogP contribution is -2.39. The molecule has 5 rings (SSSR count). The number of rotatable bonds is 9. The highest BCUT2D eigenvalue weighted by atomic mass is 32.2. The van der Waals surface area contributed by atoms with E-state index in [1.54, 1.807) is 30.6 Å².